The normalized spacial score (nSPS) is 13.8. The molecule has 1 atom stereocenters. The lowest BCUT2D eigenvalue weighted by molar-refractivity contribution is 0.178. The molecule has 1 aromatic rings. The number of furan rings is 1. The highest BCUT2D eigenvalue weighted by Crippen LogP contribution is 2.13. The van der Waals surface area contributed by atoms with Crippen LogP contribution in [0.1, 0.15) is 33.3 Å². The topological polar surface area (TPSA) is 28.4 Å². The first-order valence-electron chi connectivity index (χ1n) is 6.92. The van der Waals surface area contributed by atoms with Gasteiger partial charge in [-0.05, 0) is 31.5 Å². The van der Waals surface area contributed by atoms with Gasteiger partial charge in [-0.25, -0.2) is 0 Å². The van der Waals surface area contributed by atoms with E-state index in [0.717, 1.165) is 19.6 Å². The number of nitrogens with one attached hydrogen (secondary N) is 1. The minimum atomic E-state index is 0.554. The molecule has 1 heterocycles. The van der Waals surface area contributed by atoms with Gasteiger partial charge in [-0.2, -0.15) is 0 Å². The SMILES string of the molecule is CC(C)CNCC(C(C)C)N(C)Cc1ccoc1. The van der Waals surface area contributed by atoms with Crippen LogP contribution in [-0.4, -0.2) is 31.1 Å². The van der Waals surface area contributed by atoms with Gasteiger partial charge in [0.1, 0.15) is 0 Å². The zero-order valence-corrected chi connectivity index (χ0v) is 12.4. The number of nitrogens with zero attached hydrogens (tertiary/aromatic N) is 1. The summed E-state index contributed by atoms with van der Waals surface area (Å²) in [4.78, 5) is 2.41. The molecule has 0 saturated carbocycles. The third kappa shape index (κ3) is 5.23. The maximum atomic E-state index is 5.13. The van der Waals surface area contributed by atoms with Crippen LogP contribution >= 0.6 is 0 Å². The fourth-order valence-electron chi connectivity index (χ4n) is 2.21. The van der Waals surface area contributed by atoms with Crippen molar-refractivity contribution in [2.45, 2.75) is 40.3 Å². The highest BCUT2D eigenvalue weighted by atomic mass is 16.3. The molecule has 0 aliphatic rings. The van der Waals surface area contributed by atoms with Gasteiger partial charge in [0.2, 0.25) is 0 Å². The van der Waals surface area contributed by atoms with E-state index in [1.807, 2.05) is 12.3 Å². The van der Waals surface area contributed by atoms with E-state index in [9.17, 15) is 0 Å². The molecule has 0 aromatic carbocycles. The van der Waals surface area contributed by atoms with Crippen LogP contribution in [0.4, 0.5) is 0 Å². The molecule has 0 saturated heterocycles. The number of likely N-dealkylation sites (N-methyl/N-ethyl adjacent to an activating group) is 1. The summed E-state index contributed by atoms with van der Waals surface area (Å²) in [6, 6.07) is 2.59. The van der Waals surface area contributed by atoms with Crippen molar-refractivity contribution >= 4 is 0 Å². The number of hydrogen-bond acceptors (Lipinski definition) is 3. The van der Waals surface area contributed by atoms with Crippen LogP contribution in [0.3, 0.4) is 0 Å². The van der Waals surface area contributed by atoms with Gasteiger partial charge in [-0.1, -0.05) is 27.7 Å². The summed E-state index contributed by atoms with van der Waals surface area (Å²) in [5, 5.41) is 3.56. The van der Waals surface area contributed by atoms with Crippen molar-refractivity contribution in [2.24, 2.45) is 11.8 Å². The Labute approximate surface area is 112 Å². The summed E-state index contributed by atoms with van der Waals surface area (Å²) >= 11 is 0. The van der Waals surface area contributed by atoms with Gasteiger partial charge in [-0.15, -0.1) is 0 Å². The van der Waals surface area contributed by atoms with Crippen molar-refractivity contribution in [2.75, 3.05) is 20.1 Å². The van der Waals surface area contributed by atoms with E-state index in [1.54, 1.807) is 6.26 Å². The van der Waals surface area contributed by atoms with Crippen molar-refractivity contribution in [3.8, 4) is 0 Å². The van der Waals surface area contributed by atoms with Gasteiger partial charge in [0.05, 0.1) is 12.5 Å². The van der Waals surface area contributed by atoms with Crippen LogP contribution in [0.15, 0.2) is 23.0 Å². The van der Waals surface area contributed by atoms with Crippen LogP contribution in [-0.2, 0) is 6.54 Å². The van der Waals surface area contributed by atoms with Crippen molar-refractivity contribution in [3.63, 3.8) is 0 Å². The molecule has 1 rings (SSSR count). The molecule has 0 spiro atoms. The highest BCUT2D eigenvalue weighted by molar-refractivity contribution is 5.05. The smallest absolute Gasteiger partial charge is 0.0947 e. The Morgan fingerprint density at radius 3 is 2.44 bits per heavy atom. The van der Waals surface area contributed by atoms with E-state index >= 15 is 0 Å². The van der Waals surface area contributed by atoms with Crippen LogP contribution < -0.4 is 5.32 Å². The van der Waals surface area contributed by atoms with Crippen LogP contribution in [0.5, 0.6) is 0 Å². The average molecular weight is 252 g/mol. The molecule has 0 aliphatic carbocycles. The van der Waals surface area contributed by atoms with E-state index in [1.165, 1.54) is 5.56 Å². The maximum absolute atomic E-state index is 5.13. The second kappa shape index (κ2) is 7.59. The van der Waals surface area contributed by atoms with E-state index in [0.29, 0.717) is 17.9 Å². The van der Waals surface area contributed by atoms with Gasteiger partial charge in [0.25, 0.3) is 0 Å². The van der Waals surface area contributed by atoms with Gasteiger partial charge < -0.3 is 9.73 Å². The molecule has 0 bridgehead atoms. The van der Waals surface area contributed by atoms with E-state index < -0.39 is 0 Å². The lowest BCUT2D eigenvalue weighted by Crippen LogP contribution is -2.43. The molecule has 1 unspecified atom stereocenters. The first-order chi connectivity index (χ1) is 8.50. The summed E-state index contributed by atoms with van der Waals surface area (Å²) in [6.07, 6.45) is 3.57. The van der Waals surface area contributed by atoms with Gasteiger partial charge >= 0.3 is 0 Å². The average Bonchev–Trinajstić information content (AvgIpc) is 2.75. The number of rotatable bonds is 8. The largest absolute Gasteiger partial charge is 0.472 e. The fourth-order valence-corrected chi connectivity index (χ4v) is 2.21. The predicted octanol–water partition coefficient (Wildman–Crippen LogP) is 2.98. The second-order valence-electron chi connectivity index (χ2n) is 5.91. The van der Waals surface area contributed by atoms with E-state index in [-0.39, 0.29) is 0 Å². The summed E-state index contributed by atoms with van der Waals surface area (Å²) in [7, 11) is 2.19. The minimum Gasteiger partial charge on any atom is -0.472 e. The Morgan fingerprint density at radius 2 is 1.94 bits per heavy atom. The standard InChI is InChI=1S/C15H28N2O/c1-12(2)8-16-9-15(13(3)4)17(5)10-14-6-7-18-11-14/h6-7,11-13,15-16H,8-10H2,1-5H3. The first-order valence-corrected chi connectivity index (χ1v) is 6.92. The lowest BCUT2D eigenvalue weighted by Gasteiger charge is -2.31. The quantitative estimate of drug-likeness (QED) is 0.771. The molecule has 18 heavy (non-hydrogen) atoms. The third-order valence-corrected chi connectivity index (χ3v) is 3.25. The zero-order valence-electron chi connectivity index (χ0n) is 12.4. The summed E-state index contributed by atoms with van der Waals surface area (Å²) in [5.41, 5.74) is 1.24. The van der Waals surface area contributed by atoms with Crippen molar-refractivity contribution in [1.82, 2.24) is 10.2 Å². The Balaban J connectivity index is 2.44. The van der Waals surface area contributed by atoms with Crippen molar-refractivity contribution in [3.05, 3.63) is 24.2 Å². The molecule has 3 heteroatoms. The first kappa shape index (κ1) is 15.3. The molecule has 3 nitrogen and oxygen atoms in total. The molecule has 0 amide bonds. The van der Waals surface area contributed by atoms with Crippen LogP contribution in [0, 0.1) is 11.8 Å². The summed E-state index contributed by atoms with van der Waals surface area (Å²) < 4.78 is 5.13. The van der Waals surface area contributed by atoms with Gasteiger partial charge in [0.15, 0.2) is 0 Å². The Bertz CT molecular complexity index is 306. The molecular formula is C15H28N2O. The molecule has 0 radical (unpaired) electrons. The Hall–Kier alpha value is -0.800. The molecule has 0 aliphatic heterocycles. The molecule has 1 N–H and O–H groups in total. The lowest BCUT2D eigenvalue weighted by atomic mass is 10.0. The summed E-state index contributed by atoms with van der Waals surface area (Å²) in [5.74, 6) is 1.35. The zero-order chi connectivity index (χ0) is 13.5. The van der Waals surface area contributed by atoms with Crippen LogP contribution in [0.2, 0.25) is 0 Å². The van der Waals surface area contributed by atoms with E-state index in [4.69, 9.17) is 4.42 Å². The van der Waals surface area contributed by atoms with Crippen molar-refractivity contribution < 1.29 is 4.42 Å². The Kier molecular flexibility index (Phi) is 6.44. The minimum absolute atomic E-state index is 0.554. The molecule has 104 valence electrons. The summed E-state index contributed by atoms with van der Waals surface area (Å²) in [6.45, 7) is 12.1. The van der Waals surface area contributed by atoms with Gasteiger partial charge in [-0.3, -0.25) is 4.90 Å². The van der Waals surface area contributed by atoms with Crippen LogP contribution in [0.25, 0.3) is 0 Å². The van der Waals surface area contributed by atoms with E-state index in [2.05, 4.69) is 45.0 Å². The third-order valence-electron chi connectivity index (χ3n) is 3.25. The molecule has 0 fully saturated rings. The van der Waals surface area contributed by atoms with Crippen molar-refractivity contribution in [1.29, 1.82) is 0 Å². The predicted molar refractivity (Wildman–Crippen MR) is 76.5 cm³/mol. The molecule has 1 aromatic heterocycles. The maximum Gasteiger partial charge on any atom is 0.0947 e. The number of hydrogen-bond donors (Lipinski definition) is 1. The monoisotopic (exact) mass is 252 g/mol. The van der Waals surface area contributed by atoms with Gasteiger partial charge in [0, 0.05) is 24.7 Å². The second-order valence-corrected chi connectivity index (χ2v) is 5.91. The fraction of sp³-hybridized carbons (Fsp3) is 0.733. The molecular weight excluding hydrogens is 224 g/mol. The highest BCUT2D eigenvalue weighted by Gasteiger charge is 2.18. The Morgan fingerprint density at radius 1 is 1.22 bits per heavy atom.